The lowest BCUT2D eigenvalue weighted by molar-refractivity contribution is -0.159. The van der Waals surface area contributed by atoms with E-state index in [0.29, 0.717) is 12.5 Å². The van der Waals surface area contributed by atoms with Gasteiger partial charge in [-0.2, -0.15) is 0 Å². The molecule has 2 aromatic rings. The van der Waals surface area contributed by atoms with Crippen LogP contribution in [0.2, 0.25) is 0 Å². The largest absolute Gasteiger partial charge is 0.481 e. The summed E-state index contributed by atoms with van der Waals surface area (Å²) in [5, 5.41) is 0. The first kappa shape index (κ1) is 20.3. The number of esters is 1. The third-order valence-electron chi connectivity index (χ3n) is 5.69. The minimum Gasteiger partial charge on any atom is -0.481 e. The smallest absolute Gasteiger partial charge is 0.312 e. The van der Waals surface area contributed by atoms with Crippen LogP contribution < -0.4 is 4.74 Å². The number of pyridine rings is 1. The molecule has 2 heterocycles. The van der Waals surface area contributed by atoms with E-state index in [1.807, 2.05) is 19.1 Å². The van der Waals surface area contributed by atoms with Gasteiger partial charge < -0.3 is 9.47 Å². The highest BCUT2D eigenvalue weighted by Gasteiger charge is 2.42. The van der Waals surface area contributed by atoms with Gasteiger partial charge in [-0.15, -0.1) is 0 Å². The van der Waals surface area contributed by atoms with E-state index in [2.05, 4.69) is 40.2 Å². The third-order valence-corrected chi connectivity index (χ3v) is 5.69. The lowest BCUT2D eigenvalue weighted by Gasteiger charge is -2.40. The number of likely N-dealkylation sites (tertiary alicyclic amines) is 1. The fourth-order valence-corrected chi connectivity index (χ4v) is 3.98. The Kier molecular flexibility index (Phi) is 7.04. The van der Waals surface area contributed by atoms with E-state index in [0.717, 1.165) is 50.9 Å². The van der Waals surface area contributed by atoms with Crippen molar-refractivity contribution >= 4 is 5.97 Å². The summed E-state index contributed by atoms with van der Waals surface area (Å²) in [5.74, 6) is 0.637. The van der Waals surface area contributed by atoms with Crippen molar-refractivity contribution in [2.75, 3.05) is 26.8 Å². The molecule has 5 nitrogen and oxygen atoms in total. The second-order valence-corrected chi connectivity index (χ2v) is 7.43. The molecule has 0 bridgehead atoms. The van der Waals surface area contributed by atoms with Crippen molar-refractivity contribution in [2.24, 2.45) is 5.41 Å². The Morgan fingerprint density at radius 3 is 2.57 bits per heavy atom. The van der Waals surface area contributed by atoms with Crippen LogP contribution in [-0.4, -0.2) is 42.7 Å². The van der Waals surface area contributed by atoms with Gasteiger partial charge in [0.05, 0.1) is 19.1 Å². The van der Waals surface area contributed by atoms with Gasteiger partial charge in [0.25, 0.3) is 0 Å². The molecule has 1 aliphatic heterocycles. The molecule has 3 rings (SSSR count). The molecule has 0 atom stereocenters. The highest BCUT2D eigenvalue weighted by molar-refractivity contribution is 5.77. The van der Waals surface area contributed by atoms with Crippen LogP contribution in [0.5, 0.6) is 5.88 Å². The maximum Gasteiger partial charge on any atom is 0.312 e. The SMILES string of the molecule is CCOC(=O)C1(CCc2ccccc2)CCN(Cc2cccnc2OC)CC1. The van der Waals surface area contributed by atoms with Gasteiger partial charge >= 0.3 is 5.97 Å². The first-order chi connectivity index (χ1) is 13.7. The molecule has 1 aromatic carbocycles. The monoisotopic (exact) mass is 382 g/mol. The molecule has 0 amide bonds. The summed E-state index contributed by atoms with van der Waals surface area (Å²) < 4.78 is 10.8. The average Bonchev–Trinajstić information content (AvgIpc) is 2.75. The molecule has 150 valence electrons. The summed E-state index contributed by atoms with van der Waals surface area (Å²) in [6, 6.07) is 14.4. The summed E-state index contributed by atoms with van der Waals surface area (Å²) in [6.45, 7) is 4.83. The van der Waals surface area contributed by atoms with Crippen LogP contribution in [0.1, 0.15) is 37.3 Å². The van der Waals surface area contributed by atoms with Crippen LogP contribution in [0, 0.1) is 5.41 Å². The van der Waals surface area contributed by atoms with Crippen LogP contribution in [0.25, 0.3) is 0 Å². The lowest BCUT2D eigenvalue weighted by Crippen LogP contribution is -2.45. The topological polar surface area (TPSA) is 51.7 Å². The van der Waals surface area contributed by atoms with Crippen LogP contribution in [0.15, 0.2) is 48.7 Å². The number of piperidine rings is 1. The van der Waals surface area contributed by atoms with Crippen LogP contribution in [0.4, 0.5) is 0 Å². The number of nitrogens with zero attached hydrogens (tertiary/aromatic N) is 2. The third kappa shape index (κ3) is 4.90. The Morgan fingerprint density at radius 2 is 1.89 bits per heavy atom. The molecule has 1 aliphatic rings. The molecule has 1 saturated heterocycles. The number of aryl methyl sites for hydroxylation is 1. The predicted octanol–water partition coefficient (Wildman–Crippen LogP) is 3.87. The van der Waals surface area contributed by atoms with Gasteiger partial charge in [-0.25, -0.2) is 4.98 Å². The molecular formula is C23H30N2O3. The molecule has 28 heavy (non-hydrogen) atoms. The average molecular weight is 383 g/mol. The molecule has 0 aliphatic carbocycles. The van der Waals surface area contributed by atoms with E-state index in [1.54, 1.807) is 13.3 Å². The summed E-state index contributed by atoms with van der Waals surface area (Å²) in [4.78, 5) is 19.5. The van der Waals surface area contributed by atoms with Crippen LogP contribution >= 0.6 is 0 Å². The van der Waals surface area contributed by atoms with Crippen molar-refractivity contribution in [2.45, 2.75) is 39.2 Å². The molecule has 0 unspecified atom stereocenters. The first-order valence-electron chi connectivity index (χ1n) is 10.1. The van der Waals surface area contributed by atoms with Crippen molar-refractivity contribution in [3.63, 3.8) is 0 Å². The van der Waals surface area contributed by atoms with Gasteiger partial charge in [-0.1, -0.05) is 36.4 Å². The molecular weight excluding hydrogens is 352 g/mol. The number of hydrogen-bond acceptors (Lipinski definition) is 5. The Morgan fingerprint density at radius 1 is 1.14 bits per heavy atom. The van der Waals surface area contributed by atoms with E-state index in [1.165, 1.54) is 5.56 Å². The number of carbonyl (C=O) groups is 1. The van der Waals surface area contributed by atoms with Crippen molar-refractivity contribution in [3.05, 3.63) is 59.8 Å². The van der Waals surface area contributed by atoms with Crippen LogP contribution in [-0.2, 0) is 22.5 Å². The zero-order chi connectivity index (χ0) is 19.8. The lowest BCUT2D eigenvalue weighted by atomic mass is 9.74. The normalized spacial score (nSPS) is 16.5. The minimum atomic E-state index is -0.388. The number of aromatic nitrogens is 1. The number of ether oxygens (including phenoxy) is 2. The highest BCUT2D eigenvalue weighted by Crippen LogP contribution is 2.38. The van der Waals surface area contributed by atoms with Crippen molar-refractivity contribution in [1.29, 1.82) is 0 Å². The molecule has 0 spiro atoms. The van der Waals surface area contributed by atoms with E-state index in [9.17, 15) is 4.79 Å². The zero-order valence-corrected chi connectivity index (χ0v) is 16.9. The van der Waals surface area contributed by atoms with Crippen molar-refractivity contribution in [1.82, 2.24) is 9.88 Å². The van der Waals surface area contributed by atoms with Crippen molar-refractivity contribution in [3.8, 4) is 5.88 Å². The second-order valence-electron chi connectivity index (χ2n) is 7.43. The van der Waals surface area contributed by atoms with Gasteiger partial charge in [-0.3, -0.25) is 9.69 Å². The standard InChI is InChI=1S/C23H30N2O3/c1-3-28-22(26)23(12-11-19-8-5-4-6-9-19)13-16-25(17-14-23)18-20-10-7-15-24-21(20)27-2/h4-10,15H,3,11-14,16-18H2,1-2H3. The quantitative estimate of drug-likeness (QED) is 0.649. The highest BCUT2D eigenvalue weighted by atomic mass is 16.5. The number of hydrogen-bond donors (Lipinski definition) is 0. The Hall–Kier alpha value is -2.40. The van der Waals surface area contributed by atoms with Crippen molar-refractivity contribution < 1.29 is 14.3 Å². The van der Waals surface area contributed by atoms with Crippen LogP contribution in [0.3, 0.4) is 0 Å². The van der Waals surface area contributed by atoms with Gasteiger partial charge in [0.15, 0.2) is 0 Å². The molecule has 1 fully saturated rings. The Balaban J connectivity index is 1.65. The summed E-state index contributed by atoms with van der Waals surface area (Å²) >= 11 is 0. The molecule has 0 N–H and O–H groups in total. The van der Waals surface area contributed by atoms with Gasteiger partial charge in [-0.05, 0) is 57.3 Å². The van der Waals surface area contributed by atoms with E-state index in [4.69, 9.17) is 9.47 Å². The fraction of sp³-hybridized carbons (Fsp3) is 0.478. The Bertz CT molecular complexity index is 755. The van der Waals surface area contributed by atoms with E-state index < -0.39 is 0 Å². The van der Waals surface area contributed by atoms with Gasteiger partial charge in [0.1, 0.15) is 0 Å². The summed E-state index contributed by atoms with van der Waals surface area (Å²) in [6.07, 6.45) is 5.12. The van der Waals surface area contributed by atoms with E-state index in [-0.39, 0.29) is 11.4 Å². The maximum absolute atomic E-state index is 12.8. The molecule has 0 saturated carbocycles. The predicted molar refractivity (Wildman–Crippen MR) is 109 cm³/mol. The molecule has 1 aromatic heterocycles. The number of benzene rings is 1. The minimum absolute atomic E-state index is 0.0375. The van der Waals surface area contributed by atoms with Gasteiger partial charge in [0, 0.05) is 18.3 Å². The molecule has 5 heteroatoms. The first-order valence-corrected chi connectivity index (χ1v) is 10.1. The summed E-state index contributed by atoms with van der Waals surface area (Å²) in [7, 11) is 1.65. The Labute approximate surface area is 167 Å². The zero-order valence-electron chi connectivity index (χ0n) is 16.9. The molecule has 0 radical (unpaired) electrons. The second kappa shape index (κ2) is 9.69. The maximum atomic E-state index is 12.8. The summed E-state index contributed by atoms with van der Waals surface area (Å²) in [5.41, 5.74) is 1.97. The van der Waals surface area contributed by atoms with Gasteiger partial charge in [0.2, 0.25) is 5.88 Å². The number of methoxy groups -OCH3 is 1. The number of rotatable bonds is 8. The fourth-order valence-electron chi connectivity index (χ4n) is 3.98. The number of carbonyl (C=O) groups excluding carboxylic acids is 1. The van der Waals surface area contributed by atoms with E-state index >= 15 is 0 Å².